The lowest BCUT2D eigenvalue weighted by atomic mass is 9.91. The van der Waals surface area contributed by atoms with Gasteiger partial charge in [-0.25, -0.2) is 4.79 Å². The van der Waals surface area contributed by atoms with Crippen LogP contribution >= 0.6 is 0 Å². The highest BCUT2D eigenvalue weighted by molar-refractivity contribution is 5.97. The second-order valence-electron chi connectivity index (χ2n) is 8.03. The van der Waals surface area contributed by atoms with Crippen molar-refractivity contribution in [1.29, 1.82) is 0 Å². The molecule has 1 aromatic carbocycles. The molecule has 0 radical (unpaired) electrons. The summed E-state index contributed by atoms with van der Waals surface area (Å²) in [5, 5.41) is 0. The van der Waals surface area contributed by atoms with Gasteiger partial charge in [0, 0.05) is 37.2 Å². The van der Waals surface area contributed by atoms with Crippen molar-refractivity contribution in [3.05, 3.63) is 39.5 Å². The minimum atomic E-state index is -0.402. The van der Waals surface area contributed by atoms with E-state index in [0.717, 1.165) is 60.7 Å². The van der Waals surface area contributed by atoms with E-state index in [9.17, 15) is 9.59 Å². The third-order valence-electron chi connectivity index (χ3n) is 6.09. The van der Waals surface area contributed by atoms with Crippen LogP contribution in [-0.4, -0.2) is 56.3 Å². The molecule has 0 aromatic heterocycles. The molecule has 2 heterocycles. The Labute approximate surface area is 183 Å². The normalized spacial score (nSPS) is 16.8. The zero-order chi connectivity index (χ0) is 22.4. The third-order valence-corrected chi connectivity index (χ3v) is 6.09. The van der Waals surface area contributed by atoms with Crippen LogP contribution in [0.1, 0.15) is 52.4 Å². The van der Waals surface area contributed by atoms with Gasteiger partial charge in [0.1, 0.15) is 18.8 Å². The van der Waals surface area contributed by atoms with Gasteiger partial charge in [-0.2, -0.15) is 5.90 Å². The van der Waals surface area contributed by atoms with Gasteiger partial charge < -0.3 is 19.0 Å². The number of cyclic esters (lactones) is 1. The van der Waals surface area contributed by atoms with Gasteiger partial charge in [0.25, 0.3) is 0 Å². The van der Waals surface area contributed by atoms with E-state index < -0.39 is 5.97 Å². The van der Waals surface area contributed by atoms with E-state index in [0.29, 0.717) is 37.2 Å². The number of esters is 2. The van der Waals surface area contributed by atoms with Crippen molar-refractivity contribution in [1.82, 2.24) is 4.90 Å². The van der Waals surface area contributed by atoms with Crippen LogP contribution in [0.15, 0.2) is 11.6 Å². The van der Waals surface area contributed by atoms with Gasteiger partial charge in [-0.15, -0.1) is 0 Å². The summed E-state index contributed by atoms with van der Waals surface area (Å²) in [7, 11) is 0. The van der Waals surface area contributed by atoms with Crippen LogP contribution in [0.4, 0.5) is 0 Å². The van der Waals surface area contributed by atoms with Gasteiger partial charge in [0.15, 0.2) is 5.75 Å². The fraction of sp³-hybridized carbons (Fsp3) is 0.565. The van der Waals surface area contributed by atoms with E-state index in [4.69, 9.17) is 24.9 Å². The number of benzene rings is 1. The summed E-state index contributed by atoms with van der Waals surface area (Å²) in [5.74, 6) is 5.29. The second kappa shape index (κ2) is 10.7. The highest BCUT2D eigenvalue weighted by Crippen LogP contribution is 2.38. The molecule has 3 rings (SSSR count). The number of nitrogens with two attached hydrogens (primary N) is 1. The van der Waals surface area contributed by atoms with E-state index in [1.165, 1.54) is 0 Å². The molecule has 0 aliphatic carbocycles. The topological polar surface area (TPSA) is 100 Å². The summed E-state index contributed by atoms with van der Waals surface area (Å²) in [6.07, 6.45) is 3.54. The van der Waals surface area contributed by atoms with Crippen LogP contribution in [0.2, 0.25) is 0 Å². The first-order valence-corrected chi connectivity index (χ1v) is 10.7. The zero-order valence-corrected chi connectivity index (χ0v) is 18.6. The van der Waals surface area contributed by atoms with Gasteiger partial charge in [-0.05, 0) is 44.7 Å². The van der Waals surface area contributed by atoms with Crippen LogP contribution in [0.25, 0.3) is 0 Å². The van der Waals surface area contributed by atoms with Gasteiger partial charge in [0.2, 0.25) is 0 Å². The maximum Gasteiger partial charge on any atom is 0.342 e. The summed E-state index contributed by atoms with van der Waals surface area (Å²) in [5.41, 5.74) is 5.25. The Bertz CT molecular complexity index is 858. The van der Waals surface area contributed by atoms with Crippen LogP contribution < -0.4 is 10.7 Å². The fourth-order valence-electron chi connectivity index (χ4n) is 3.94. The van der Waals surface area contributed by atoms with Crippen LogP contribution in [0.3, 0.4) is 0 Å². The predicted molar refractivity (Wildman–Crippen MR) is 115 cm³/mol. The quantitative estimate of drug-likeness (QED) is 0.361. The number of fused-ring (bicyclic) bond motifs is 1. The highest BCUT2D eigenvalue weighted by atomic mass is 16.6. The van der Waals surface area contributed by atoms with Crippen molar-refractivity contribution < 1.29 is 28.6 Å². The van der Waals surface area contributed by atoms with Gasteiger partial charge in [-0.3, -0.25) is 9.69 Å². The molecule has 0 amide bonds. The van der Waals surface area contributed by atoms with E-state index in [-0.39, 0.29) is 12.6 Å². The van der Waals surface area contributed by atoms with Crippen molar-refractivity contribution in [3.63, 3.8) is 0 Å². The molecule has 2 aliphatic heterocycles. The Morgan fingerprint density at radius 1 is 1.19 bits per heavy atom. The Morgan fingerprint density at radius 3 is 2.65 bits per heavy atom. The lowest BCUT2D eigenvalue weighted by molar-refractivity contribution is -0.144. The lowest BCUT2D eigenvalue weighted by Gasteiger charge is -2.26. The van der Waals surface area contributed by atoms with Crippen molar-refractivity contribution in [2.75, 3.05) is 39.5 Å². The highest BCUT2D eigenvalue weighted by Gasteiger charge is 2.31. The third kappa shape index (κ3) is 5.64. The molecule has 8 heteroatoms. The molecule has 8 nitrogen and oxygen atoms in total. The zero-order valence-electron chi connectivity index (χ0n) is 18.6. The molecule has 0 bridgehead atoms. The maximum atomic E-state index is 12.1. The van der Waals surface area contributed by atoms with Crippen molar-refractivity contribution >= 4 is 11.9 Å². The Hall–Kier alpha value is -2.42. The minimum Gasteiger partial charge on any atom is -0.464 e. The average Bonchev–Trinajstić information content (AvgIpc) is 3.16. The summed E-state index contributed by atoms with van der Waals surface area (Å²) < 4.78 is 15.8. The number of carbonyl (C=O) groups is 2. The Kier molecular flexibility index (Phi) is 8.06. The van der Waals surface area contributed by atoms with E-state index in [2.05, 4.69) is 4.90 Å². The van der Waals surface area contributed by atoms with Crippen molar-refractivity contribution in [2.45, 2.75) is 46.6 Å². The molecule has 170 valence electrons. The molecular weight excluding hydrogens is 400 g/mol. The van der Waals surface area contributed by atoms with Crippen LogP contribution in [0.5, 0.6) is 5.75 Å². The van der Waals surface area contributed by atoms with Crippen LogP contribution in [-0.2, 0) is 32.0 Å². The first kappa shape index (κ1) is 23.2. The molecule has 1 saturated heterocycles. The molecule has 0 unspecified atom stereocenters. The molecule has 2 N–H and O–H groups in total. The number of carbonyl (C=O) groups excluding carboxylic acids is 2. The van der Waals surface area contributed by atoms with E-state index in [1.54, 1.807) is 0 Å². The molecule has 0 saturated carbocycles. The molecule has 2 aliphatic rings. The molecular formula is C23H32N2O6. The molecule has 31 heavy (non-hydrogen) atoms. The van der Waals surface area contributed by atoms with Crippen molar-refractivity contribution in [2.24, 2.45) is 5.90 Å². The van der Waals surface area contributed by atoms with E-state index in [1.807, 2.05) is 26.8 Å². The fourth-order valence-corrected chi connectivity index (χ4v) is 3.94. The summed E-state index contributed by atoms with van der Waals surface area (Å²) in [4.78, 5) is 31.5. The van der Waals surface area contributed by atoms with Crippen molar-refractivity contribution in [3.8, 4) is 5.75 Å². The Morgan fingerprint density at radius 2 is 1.94 bits per heavy atom. The monoisotopic (exact) mass is 432 g/mol. The number of hydrogen-bond acceptors (Lipinski definition) is 8. The predicted octanol–water partition coefficient (Wildman–Crippen LogP) is 2.37. The van der Waals surface area contributed by atoms with Gasteiger partial charge in [0.05, 0.1) is 13.2 Å². The first-order valence-electron chi connectivity index (χ1n) is 10.7. The number of ether oxygens (including phenoxy) is 3. The first-order chi connectivity index (χ1) is 14.9. The summed E-state index contributed by atoms with van der Waals surface area (Å²) >= 11 is 0. The van der Waals surface area contributed by atoms with E-state index >= 15 is 0 Å². The van der Waals surface area contributed by atoms with Gasteiger partial charge in [-0.1, -0.05) is 11.6 Å². The standard InChI is InChI=1S/C23H32N2O6/c1-15(5-7-20(26)29-13-10-25-8-11-28-12-9-25)4-6-18-16(2)17(3)19-14-30-23(27)21(19)22(18)31-24/h4H,5-14,24H2,1-3H3/b15-4+. The Balaban J connectivity index is 1.53. The number of nitrogens with zero attached hydrogens (tertiary/aromatic N) is 1. The molecule has 1 aromatic rings. The molecule has 0 spiro atoms. The summed E-state index contributed by atoms with van der Waals surface area (Å²) in [6, 6.07) is 0. The SMILES string of the molecule is C/C(=C\Cc1c(C)c(C)c2c(c1ON)C(=O)OC2)CCC(=O)OCCN1CCOCC1. The number of morpholine rings is 1. The summed E-state index contributed by atoms with van der Waals surface area (Å²) in [6.45, 7) is 10.6. The average molecular weight is 433 g/mol. The van der Waals surface area contributed by atoms with Gasteiger partial charge >= 0.3 is 11.9 Å². The largest absolute Gasteiger partial charge is 0.464 e. The maximum absolute atomic E-state index is 12.1. The smallest absolute Gasteiger partial charge is 0.342 e. The molecule has 1 fully saturated rings. The minimum absolute atomic E-state index is 0.195. The number of allylic oxidation sites excluding steroid dienone is 2. The number of rotatable bonds is 9. The lowest BCUT2D eigenvalue weighted by Crippen LogP contribution is -2.38. The van der Waals surface area contributed by atoms with Crippen LogP contribution in [0, 0.1) is 13.8 Å². The molecule has 0 atom stereocenters. The number of hydrogen-bond donors (Lipinski definition) is 1. The second-order valence-corrected chi connectivity index (χ2v) is 8.03.